The van der Waals surface area contributed by atoms with Crippen LogP contribution in [0.3, 0.4) is 0 Å². The van der Waals surface area contributed by atoms with Crippen LogP contribution in [0.4, 0.5) is 0 Å². The van der Waals surface area contributed by atoms with E-state index in [1.165, 1.54) is 5.56 Å². The highest BCUT2D eigenvalue weighted by Crippen LogP contribution is 2.30. The van der Waals surface area contributed by atoms with Gasteiger partial charge in [-0.3, -0.25) is 9.69 Å². The Kier molecular flexibility index (Phi) is 5.91. The number of hydrogen-bond donors (Lipinski definition) is 1. The molecule has 1 saturated heterocycles. The lowest BCUT2D eigenvalue weighted by atomic mass is 10.0. The van der Waals surface area contributed by atoms with Gasteiger partial charge in [0, 0.05) is 13.1 Å². The number of carboxylic acids is 1. The monoisotopic (exact) mass is 355 g/mol. The summed E-state index contributed by atoms with van der Waals surface area (Å²) in [6, 6.07) is 14.9. The summed E-state index contributed by atoms with van der Waals surface area (Å²) in [5.74, 6) is -0.200. The minimum atomic E-state index is -0.861. The van der Waals surface area contributed by atoms with Gasteiger partial charge in [-0.15, -0.1) is 0 Å². The number of carbonyl (C=O) groups is 1. The first-order valence-corrected chi connectivity index (χ1v) is 8.93. The van der Waals surface area contributed by atoms with Crippen molar-refractivity contribution in [2.45, 2.75) is 25.5 Å². The SMILES string of the molecule is CCc1ccc(C2CN(C(C(=O)O)c3cccc(OC)c3)CCO2)cc1. The Hall–Kier alpha value is -2.37. The summed E-state index contributed by atoms with van der Waals surface area (Å²) in [6.07, 6.45) is 0.872. The third-order valence-corrected chi connectivity index (χ3v) is 4.87. The highest BCUT2D eigenvalue weighted by Gasteiger charge is 2.32. The average Bonchev–Trinajstić information content (AvgIpc) is 2.68. The summed E-state index contributed by atoms with van der Waals surface area (Å²) < 4.78 is 11.2. The molecule has 1 aliphatic heterocycles. The molecule has 0 saturated carbocycles. The average molecular weight is 355 g/mol. The van der Waals surface area contributed by atoms with Crippen LogP contribution in [0.25, 0.3) is 0 Å². The Labute approximate surface area is 154 Å². The molecule has 26 heavy (non-hydrogen) atoms. The zero-order valence-corrected chi connectivity index (χ0v) is 15.2. The fraction of sp³-hybridized carbons (Fsp3) is 0.381. The smallest absolute Gasteiger partial charge is 0.325 e. The zero-order chi connectivity index (χ0) is 18.5. The summed E-state index contributed by atoms with van der Waals surface area (Å²) in [7, 11) is 1.58. The summed E-state index contributed by atoms with van der Waals surface area (Å²) in [6.45, 7) is 3.75. The number of methoxy groups -OCH3 is 1. The van der Waals surface area contributed by atoms with Crippen LogP contribution in [0, 0.1) is 0 Å². The normalized spacial score (nSPS) is 19.1. The van der Waals surface area contributed by atoms with Gasteiger partial charge in [-0.25, -0.2) is 0 Å². The standard InChI is InChI=1S/C21H25NO4/c1-3-15-7-9-16(10-8-15)19-14-22(11-12-26-19)20(21(23)24)17-5-4-6-18(13-17)25-2/h4-10,13,19-20H,3,11-12,14H2,1-2H3,(H,23,24). The molecule has 2 atom stereocenters. The number of aliphatic carboxylic acids is 1. The Balaban J connectivity index is 1.81. The molecule has 5 heteroatoms. The highest BCUT2D eigenvalue weighted by atomic mass is 16.5. The van der Waals surface area contributed by atoms with Crippen LogP contribution in [0.1, 0.15) is 35.8 Å². The number of morpholine rings is 1. The minimum absolute atomic E-state index is 0.123. The molecule has 5 nitrogen and oxygen atoms in total. The van der Waals surface area contributed by atoms with Crippen LogP contribution < -0.4 is 4.74 Å². The van der Waals surface area contributed by atoms with Crippen LogP contribution in [-0.2, 0) is 16.0 Å². The van der Waals surface area contributed by atoms with Crippen molar-refractivity contribution in [3.63, 3.8) is 0 Å². The first-order chi connectivity index (χ1) is 12.6. The van der Waals surface area contributed by atoms with E-state index in [2.05, 4.69) is 31.2 Å². The third kappa shape index (κ3) is 4.06. The van der Waals surface area contributed by atoms with Gasteiger partial charge in [0.25, 0.3) is 0 Å². The van der Waals surface area contributed by atoms with Crippen molar-refractivity contribution in [2.75, 3.05) is 26.8 Å². The second-order valence-electron chi connectivity index (χ2n) is 6.47. The van der Waals surface area contributed by atoms with E-state index in [0.717, 1.165) is 17.5 Å². The van der Waals surface area contributed by atoms with Crippen molar-refractivity contribution < 1.29 is 19.4 Å². The summed E-state index contributed by atoms with van der Waals surface area (Å²) in [4.78, 5) is 14.0. The van der Waals surface area contributed by atoms with Crippen molar-refractivity contribution in [3.05, 3.63) is 65.2 Å². The van der Waals surface area contributed by atoms with Crippen molar-refractivity contribution >= 4 is 5.97 Å². The number of nitrogens with zero attached hydrogens (tertiary/aromatic N) is 1. The van der Waals surface area contributed by atoms with E-state index in [9.17, 15) is 9.90 Å². The van der Waals surface area contributed by atoms with Crippen molar-refractivity contribution in [2.24, 2.45) is 0 Å². The van der Waals surface area contributed by atoms with E-state index in [1.807, 2.05) is 23.1 Å². The maximum absolute atomic E-state index is 12.0. The van der Waals surface area contributed by atoms with Gasteiger partial charge in [0.2, 0.25) is 0 Å². The van der Waals surface area contributed by atoms with Gasteiger partial charge in [0.05, 0.1) is 19.8 Å². The molecular formula is C21H25NO4. The molecule has 0 bridgehead atoms. The molecule has 0 aliphatic carbocycles. The molecule has 1 fully saturated rings. The quantitative estimate of drug-likeness (QED) is 0.860. The second-order valence-corrected chi connectivity index (χ2v) is 6.47. The predicted octanol–water partition coefficient (Wildman–Crippen LogP) is 3.46. The van der Waals surface area contributed by atoms with Crippen LogP contribution in [0.5, 0.6) is 5.75 Å². The lowest BCUT2D eigenvalue weighted by molar-refractivity contribution is -0.147. The number of benzene rings is 2. The fourth-order valence-electron chi connectivity index (χ4n) is 3.39. The highest BCUT2D eigenvalue weighted by molar-refractivity contribution is 5.75. The molecule has 0 spiro atoms. The molecule has 0 aromatic heterocycles. The molecule has 1 N–H and O–H groups in total. The van der Waals surface area contributed by atoms with Gasteiger partial charge in [-0.1, -0.05) is 43.3 Å². The first kappa shape index (κ1) is 18.4. The molecule has 1 heterocycles. The molecule has 138 valence electrons. The van der Waals surface area contributed by atoms with Crippen LogP contribution in [0.2, 0.25) is 0 Å². The molecule has 2 aromatic rings. The second kappa shape index (κ2) is 8.34. The Morgan fingerprint density at radius 3 is 2.73 bits per heavy atom. The molecule has 2 aromatic carbocycles. The van der Waals surface area contributed by atoms with E-state index in [4.69, 9.17) is 9.47 Å². The van der Waals surface area contributed by atoms with E-state index in [-0.39, 0.29) is 6.10 Å². The summed E-state index contributed by atoms with van der Waals surface area (Å²) >= 11 is 0. The number of rotatable bonds is 6. The summed E-state index contributed by atoms with van der Waals surface area (Å²) in [5.41, 5.74) is 3.08. The van der Waals surface area contributed by atoms with E-state index < -0.39 is 12.0 Å². The van der Waals surface area contributed by atoms with Gasteiger partial charge in [-0.05, 0) is 35.2 Å². The van der Waals surface area contributed by atoms with Gasteiger partial charge in [0.15, 0.2) is 0 Å². The summed E-state index contributed by atoms with van der Waals surface area (Å²) in [5, 5.41) is 9.84. The maximum atomic E-state index is 12.0. The molecular weight excluding hydrogens is 330 g/mol. The predicted molar refractivity (Wildman–Crippen MR) is 99.5 cm³/mol. The van der Waals surface area contributed by atoms with Gasteiger partial charge < -0.3 is 14.6 Å². The fourth-order valence-corrected chi connectivity index (χ4v) is 3.39. The minimum Gasteiger partial charge on any atom is -0.497 e. The third-order valence-electron chi connectivity index (χ3n) is 4.87. The molecule has 0 radical (unpaired) electrons. The van der Waals surface area contributed by atoms with Crippen molar-refractivity contribution in [1.82, 2.24) is 4.90 Å². The van der Waals surface area contributed by atoms with Gasteiger partial charge >= 0.3 is 5.97 Å². The number of ether oxygens (including phenoxy) is 2. The van der Waals surface area contributed by atoms with Crippen molar-refractivity contribution in [3.8, 4) is 5.75 Å². The van der Waals surface area contributed by atoms with Gasteiger partial charge in [-0.2, -0.15) is 0 Å². The molecule has 0 amide bonds. The largest absolute Gasteiger partial charge is 0.497 e. The number of aryl methyl sites for hydroxylation is 1. The molecule has 1 aliphatic rings. The number of carboxylic acid groups (broad SMARTS) is 1. The first-order valence-electron chi connectivity index (χ1n) is 8.93. The number of hydrogen-bond acceptors (Lipinski definition) is 4. The van der Waals surface area contributed by atoms with E-state index >= 15 is 0 Å². The van der Waals surface area contributed by atoms with Crippen molar-refractivity contribution in [1.29, 1.82) is 0 Å². The van der Waals surface area contributed by atoms with Crippen LogP contribution in [-0.4, -0.2) is 42.8 Å². The lowest BCUT2D eigenvalue weighted by Crippen LogP contribution is -2.43. The maximum Gasteiger partial charge on any atom is 0.325 e. The molecule has 2 unspecified atom stereocenters. The van der Waals surface area contributed by atoms with Gasteiger partial charge in [0.1, 0.15) is 11.8 Å². The van der Waals surface area contributed by atoms with Crippen LogP contribution >= 0.6 is 0 Å². The van der Waals surface area contributed by atoms with Crippen LogP contribution in [0.15, 0.2) is 48.5 Å². The Morgan fingerprint density at radius 2 is 2.08 bits per heavy atom. The van der Waals surface area contributed by atoms with E-state index in [0.29, 0.717) is 25.4 Å². The molecule has 3 rings (SSSR count). The topological polar surface area (TPSA) is 59.0 Å². The Bertz CT molecular complexity index is 744. The van der Waals surface area contributed by atoms with E-state index in [1.54, 1.807) is 13.2 Å². The lowest BCUT2D eigenvalue weighted by Gasteiger charge is -2.37. The Morgan fingerprint density at radius 1 is 1.31 bits per heavy atom. The zero-order valence-electron chi connectivity index (χ0n) is 15.2.